The lowest BCUT2D eigenvalue weighted by Crippen LogP contribution is -2.49. The van der Waals surface area contributed by atoms with E-state index in [-0.39, 0.29) is 12.1 Å². The van der Waals surface area contributed by atoms with Gasteiger partial charge in [-0.25, -0.2) is 4.79 Å². The lowest BCUT2D eigenvalue weighted by atomic mass is 10.0. The van der Waals surface area contributed by atoms with E-state index in [1.807, 2.05) is 24.0 Å². The zero-order chi connectivity index (χ0) is 13.8. The summed E-state index contributed by atoms with van der Waals surface area (Å²) >= 11 is 6.09. The van der Waals surface area contributed by atoms with Gasteiger partial charge in [0.2, 0.25) is 0 Å². The Hall–Kier alpha value is -1.26. The average Bonchev–Trinajstić information content (AvgIpc) is 2.42. The van der Waals surface area contributed by atoms with Gasteiger partial charge in [-0.1, -0.05) is 17.7 Å². The van der Waals surface area contributed by atoms with Crippen LogP contribution in [-0.4, -0.2) is 30.1 Å². The molecule has 0 aromatic heterocycles. The van der Waals surface area contributed by atoms with E-state index in [1.54, 1.807) is 6.07 Å². The number of halogens is 1. The molecule has 5 heteroatoms. The number of hydrogen-bond donors (Lipinski definition) is 2. The van der Waals surface area contributed by atoms with Crippen molar-refractivity contribution >= 4 is 23.3 Å². The van der Waals surface area contributed by atoms with Crippen LogP contribution in [0.15, 0.2) is 18.2 Å². The summed E-state index contributed by atoms with van der Waals surface area (Å²) in [6, 6.07) is 5.62. The molecule has 0 spiro atoms. The number of aryl methyl sites for hydroxylation is 1. The number of urea groups is 1. The fourth-order valence-electron chi connectivity index (χ4n) is 2.43. The summed E-state index contributed by atoms with van der Waals surface area (Å²) in [6.07, 6.45) is 3.15. The minimum absolute atomic E-state index is 0.109. The minimum Gasteiger partial charge on any atom is -0.328 e. The first kappa shape index (κ1) is 14.2. The van der Waals surface area contributed by atoms with Crippen molar-refractivity contribution in [2.75, 3.05) is 18.4 Å². The van der Waals surface area contributed by atoms with Gasteiger partial charge in [0.05, 0.1) is 10.7 Å². The van der Waals surface area contributed by atoms with E-state index in [1.165, 1.54) is 0 Å². The Kier molecular flexibility index (Phi) is 4.66. The predicted octanol–water partition coefficient (Wildman–Crippen LogP) is 2.99. The van der Waals surface area contributed by atoms with Crippen molar-refractivity contribution in [1.82, 2.24) is 4.90 Å². The standard InChI is InChI=1S/C14H20ClN3O/c1-10-5-6-12(15)13(8-10)17-14(19)18-7-3-2-4-11(18)9-16/h5-6,8,11H,2-4,7,9,16H2,1H3,(H,17,19). The Balaban J connectivity index is 2.09. The second-order valence-corrected chi connectivity index (χ2v) is 5.40. The molecule has 1 aliphatic heterocycles. The van der Waals surface area contributed by atoms with Gasteiger partial charge in [-0.15, -0.1) is 0 Å². The number of nitrogens with two attached hydrogens (primary N) is 1. The van der Waals surface area contributed by atoms with E-state index < -0.39 is 0 Å². The molecule has 4 nitrogen and oxygen atoms in total. The quantitative estimate of drug-likeness (QED) is 0.875. The van der Waals surface area contributed by atoms with Crippen molar-refractivity contribution in [1.29, 1.82) is 0 Å². The zero-order valence-corrected chi connectivity index (χ0v) is 11.9. The lowest BCUT2D eigenvalue weighted by molar-refractivity contribution is 0.166. The molecule has 104 valence electrons. The molecule has 1 aliphatic rings. The van der Waals surface area contributed by atoms with Crippen LogP contribution in [0.1, 0.15) is 24.8 Å². The van der Waals surface area contributed by atoms with Crippen molar-refractivity contribution in [2.45, 2.75) is 32.2 Å². The molecule has 3 N–H and O–H groups in total. The third-order valence-electron chi connectivity index (χ3n) is 3.52. The highest BCUT2D eigenvalue weighted by atomic mass is 35.5. The fraction of sp³-hybridized carbons (Fsp3) is 0.500. The Morgan fingerprint density at radius 1 is 1.53 bits per heavy atom. The van der Waals surface area contributed by atoms with Crippen LogP contribution in [0.4, 0.5) is 10.5 Å². The number of anilines is 1. The third kappa shape index (κ3) is 3.39. The van der Waals surface area contributed by atoms with Gasteiger partial charge in [-0.3, -0.25) is 0 Å². The van der Waals surface area contributed by atoms with E-state index >= 15 is 0 Å². The van der Waals surface area contributed by atoms with Crippen LogP contribution in [0.25, 0.3) is 0 Å². The average molecular weight is 282 g/mol. The largest absolute Gasteiger partial charge is 0.328 e. The summed E-state index contributed by atoms with van der Waals surface area (Å²) in [5, 5.41) is 3.44. The SMILES string of the molecule is Cc1ccc(Cl)c(NC(=O)N2CCCCC2CN)c1. The smallest absolute Gasteiger partial charge is 0.322 e. The van der Waals surface area contributed by atoms with E-state index in [9.17, 15) is 4.79 Å². The summed E-state index contributed by atoms with van der Waals surface area (Å²) in [5.74, 6) is 0. The molecule has 1 unspecified atom stereocenters. The molecule has 1 saturated heterocycles. The molecular formula is C14H20ClN3O. The molecule has 1 fully saturated rings. The molecule has 1 aromatic rings. The van der Waals surface area contributed by atoms with Crippen molar-refractivity contribution < 1.29 is 4.79 Å². The van der Waals surface area contributed by atoms with Gasteiger partial charge in [-0.05, 0) is 43.9 Å². The highest BCUT2D eigenvalue weighted by molar-refractivity contribution is 6.33. The molecule has 0 bridgehead atoms. The molecule has 1 heterocycles. The van der Waals surface area contributed by atoms with Crippen molar-refractivity contribution in [3.8, 4) is 0 Å². The fourth-order valence-corrected chi connectivity index (χ4v) is 2.60. The van der Waals surface area contributed by atoms with Gasteiger partial charge < -0.3 is 16.0 Å². The first-order valence-electron chi connectivity index (χ1n) is 6.65. The number of carbonyl (C=O) groups excluding carboxylic acids is 1. The number of carbonyl (C=O) groups is 1. The molecule has 2 rings (SSSR count). The maximum atomic E-state index is 12.3. The monoisotopic (exact) mass is 281 g/mol. The number of nitrogens with one attached hydrogen (secondary N) is 1. The van der Waals surface area contributed by atoms with Crippen molar-refractivity contribution in [2.24, 2.45) is 5.73 Å². The maximum absolute atomic E-state index is 12.3. The van der Waals surface area contributed by atoms with Gasteiger partial charge in [0.25, 0.3) is 0 Å². The lowest BCUT2D eigenvalue weighted by Gasteiger charge is -2.35. The summed E-state index contributed by atoms with van der Waals surface area (Å²) in [6.45, 7) is 3.24. The van der Waals surface area contributed by atoms with Crippen molar-refractivity contribution in [3.63, 3.8) is 0 Å². The summed E-state index contributed by atoms with van der Waals surface area (Å²) in [7, 11) is 0. The molecule has 19 heavy (non-hydrogen) atoms. The van der Waals surface area contributed by atoms with Crippen molar-refractivity contribution in [3.05, 3.63) is 28.8 Å². The number of amides is 2. The highest BCUT2D eigenvalue weighted by Crippen LogP contribution is 2.24. The molecule has 0 saturated carbocycles. The maximum Gasteiger partial charge on any atom is 0.322 e. The summed E-state index contributed by atoms with van der Waals surface area (Å²) < 4.78 is 0. The van der Waals surface area contributed by atoms with Crippen LogP contribution in [0.3, 0.4) is 0 Å². The zero-order valence-electron chi connectivity index (χ0n) is 11.2. The van der Waals surface area contributed by atoms with Gasteiger partial charge in [0.1, 0.15) is 0 Å². The number of benzene rings is 1. The minimum atomic E-state index is -0.109. The Morgan fingerprint density at radius 2 is 2.32 bits per heavy atom. The van der Waals surface area contributed by atoms with Crippen LogP contribution in [-0.2, 0) is 0 Å². The first-order valence-corrected chi connectivity index (χ1v) is 7.03. The topological polar surface area (TPSA) is 58.4 Å². The number of likely N-dealkylation sites (tertiary alicyclic amines) is 1. The van der Waals surface area contributed by atoms with Gasteiger partial charge in [0.15, 0.2) is 0 Å². The summed E-state index contributed by atoms with van der Waals surface area (Å²) in [5.41, 5.74) is 7.45. The third-order valence-corrected chi connectivity index (χ3v) is 3.85. The molecule has 1 atom stereocenters. The Bertz CT molecular complexity index is 464. The predicted molar refractivity (Wildman–Crippen MR) is 78.6 cm³/mol. The van der Waals surface area contributed by atoms with Crippen LogP contribution in [0.2, 0.25) is 5.02 Å². The van der Waals surface area contributed by atoms with Gasteiger partial charge >= 0.3 is 6.03 Å². The Morgan fingerprint density at radius 3 is 3.05 bits per heavy atom. The molecule has 0 aliphatic carbocycles. The first-order chi connectivity index (χ1) is 9.11. The normalized spacial score (nSPS) is 19.3. The molecule has 2 amide bonds. The van der Waals surface area contributed by atoms with Crippen LogP contribution >= 0.6 is 11.6 Å². The molecule has 1 aromatic carbocycles. The van der Waals surface area contributed by atoms with E-state index in [4.69, 9.17) is 17.3 Å². The highest BCUT2D eigenvalue weighted by Gasteiger charge is 2.25. The molecule has 0 radical (unpaired) electrons. The van der Waals surface area contributed by atoms with E-state index in [0.29, 0.717) is 17.3 Å². The second kappa shape index (κ2) is 6.26. The number of nitrogens with zero attached hydrogens (tertiary/aromatic N) is 1. The Labute approximate surface area is 118 Å². The van der Waals surface area contributed by atoms with Crippen LogP contribution in [0, 0.1) is 6.92 Å². The summed E-state index contributed by atoms with van der Waals surface area (Å²) in [4.78, 5) is 14.1. The van der Waals surface area contributed by atoms with E-state index in [0.717, 1.165) is 31.4 Å². The van der Waals surface area contributed by atoms with Crippen LogP contribution in [0.5, 0.6) is 0 Å². The van der Waals surface area contributed by atoms with Gasteiger partial charge in [0, 0.05) is 19.1 Å². The number of rotatable bonds is 2. The number of hydrogen-bond acceptors (Lipinski definition) is 2. The van der Waals surface area contributed by atoms with E-state index in [2.05, 4.69) is 5.32 Å². The number of piperidine rings is 1. The second-order valence-electron chi connectivity index (χ2n) is 4.99. The van der Waals surface area contributed by atoms with Gasteiger partial charge in [-0.2, -0.15) is 0 Å². The molecular weight excluding hydrogens is 262 g/mol. The van der Waals surface area contributed by atoms with Crippen LogP contribution < -0.4 is 11.1 Å².